The van der Waals surface area contributed by atoms with Crippen LogP contribution in [0.1, 0.15) is 40.4 Å². The molecule has 2 aromatic carbocycles. The molecule has 1 saturated carbocycles. The second-order valence-corrected chi connectivity index (χ2v) is 8.34. The van der Waals surface area contributed by atoms with Crippen molar-refractivity contribution < 1.29 is 24.0 Å². The Hall–Kier alpha value is -3.03. The Morgan fingerprint density at radius 1 is 1.19 bits per heavy atom. The van der Waals surface area contributed by atoms with Crippen molar-refractivity contribution in [3.05, 3.63) is 69.4 Å². The van der Waals surface area contributed by atoms with Crippen molar-refractivity contribution in [1.82, 2.24) is 10.5 Å². The number of aromatic nitrogens is 1. The fraction of sp³-hybridized carbons (Fsp3) is 0.261. The van der Waals surface area contributed by atoms with Crippen molar-refractivity contribution in [2.24, 2.45) is 0 Å². The lowest BCUT2D eigenvalue weighted by Crippen LogP contribution is -2.29. The van der Waals surface area contributed by atoms with Gasteiger partial charge in [-0.1, -0.05) is 46.6 Å². The molecule has 7 nitrogen and oxygen atoms in total. The van der Waals surface area contributed by atoms with Gasteiger partial charge in [-0.25, -0.2) is 0 Å². The van der Waals surface area contributed by atoms with Gasteiger partial charge in [0.05, 0.1) is 18.0 Å². The molecule has 1 aliphatic carbocycles. The number of carboxylic acids is 1. The van der Waals surface area contributed by atoms with Gasteiger partial charge in [-0.2, -0.15) is 0 Å². The van der Waals surface area contributed by atoms with E-state index in [0.717, 1.165) is 12.8 Å². The number of halogens is 2. The number of hydrogen-bond acceptors (Lipinski definition) is 5. The SMILES string of the molecule is O=C(O)Cc1cccc(-c2noc(C3CC3)c2C(=O)NCCOc2ccc(Cl)cc2Cl)c1. The first kappa shape index (κ1) is 22.2. The van der Waals surface area contributed by atoms with Gasteiger partial charge in [0.25, 0.3) is 5.91 Å². The van der Waals surface area contributed by atoms with Crippen LogP contribution in [0.4, 0.5) is 0 Å². The van der Waals surface area contributed by atoms with Crippen LogP contribution in [0.5, 0.6) is 5.75 Å². The quantitative estimate of drug-likeness (QED) is 0.424. The number of nitrogens with one attached hydrogen (secondary N) is 1. The third kappa shape index (κ3) is 5.23. The molecule has 2 N–H and O–H groups in total. The molecule has 0 spiro atoms. The minimum atomic E-state index is -0.931. The number of aliphatic carboxylic acids is 1. The molecule has 0 radical (unpaired) electrons. The van der Waals surface area contributed by atoms with Crippen LogP contribution >= 0.6 is 23.2 Å². The molecule has 0 aliphatic heterocycles. The highest BCUT2D eigenvalue weighted by Gasteiger charge is 2.35. The number of hydrogen-bond donors (Lipinski definition) is 2. The zero-order chi connectivity index (χ0) is 22.7. The lowest BCUT2D eigenvalue weighted by Gasteiger charge is -2.10. The number of amides is 1. The van der Waals surface area contributed by atoms with Crippen LogP contribution in [-0.2, 0) is 11.2 Å². The summed E-state index contributed by atoms with van der Waals surface area (Å²) in [6, 6.07) is 11.9. The van der Waals surface area contributed by atoms with Gasteiger partial charge in [-0.05, 0) is 42.7 Å². The van der Waals surface area contributed by atoms with Gasteiger partial charge in [0.2, 0.25) is 0 Å². The molecule has 1 aromatic heterocycles. The van der Waals surface area contributed by atoms with E-state index in [2.05, 4.69) is 10.5 Å². The van der Waals surface area contributed by atoms with E-state index in [0.29, 0.717) is 43.9 Å². The highest BCUT2D eigenvalue weighted by Crippen LogP contribution is 2.44. The molecular formula is C23H20Cl2N2O5. The second-order valence-electron chi connectivity index (χ2n) is 7.49. The number of carboxylic acid groups (broad SMARTS) is 1. The van der Waals surface area contributed by atoms with E-state index < -0.39 is 5.97 Å². The van der Waals surface area contributed by atoms with Crippen LogP contribution in [0, 0.1) is 0 Å². The highest BCUT2D eigenvalue weighted by molar-refractivity contribution is 6.35. The first-order chi connectivity index (χ1) is 15.4. The summed E-state index contributed by atoms with van der Waals surface area (Å²) in [7, 11) is 0. The number of nitrogens with zero attached hydrogens (tertiary/aromatic N) is 1. The zero-order valence-corrected chi connectivity index (χ0v) is 18.4. The second kappa shape index (κ2) is 9.63. The van der Waals surface area contributed by atoms with E-state index in [-0.39, 0.29) is 31.4 Å². The first-order valence-corrected chi connectivity index (χ1v) is 10.8. The fourth-order valence-corrected chi connectivity index (χ4v) is 3.82. The summed E-state index contributed by atoms with van der Waals surface area (Å²) >= 11 is 12.0. The maximum atomic E-state index is 13.0. The lowest BCUT2D eigenvalue weighted by atomic mass is 10.0. The Kier molecular flexibility index (Phi) is 6.67. The van der Waals surface area contributed by atoms with Crippen LogP contribution in [0.25, 0.3) is 11.3 Å². The normalized spacial score (nSPS) is 13.1. The lowest BCUT2D eigenvalue weighted by molar-refractivity contribution is -0.136. The molecule has 1 fully saturated rings. The summed E-state index contributed by atoms with van der Waals surface area (Å²) in [4.78, 5) is 24.1. The summed E-state index contributed by atoms with van der Waals surface area (Å²) in [6.07, 6.45) is 1.76. The Bertz CT molecular complexity index is 1160. The standard InChI is InChI=1S/C23H20Cl2N2O5/c24-16-6-7-18(17(25)12-16)31-9-8-26-23(30)20-21(27-32-22(20)14-4-5-14)15-3-1-2-13(10-15)11-19(28)29/h1-3,6-7,10,12,14H,4-5,8-9,11H2,(H,26,30)(H,28,29). The van der Waals surface area contributed by atoms with Crippen molar-refractivity contribution in [2.45, 2.75) is 25.2 Å². The maximum Gasteiger partial charge on any atom is 0.307 e. The number of carbonyl (C=O) groups excluding carboxylic acids is 1. The van der Waals surface area contributed by atoms with E-state index in [1.807, 2.05) is 0 Å². The van der Waals surface area contributed by atoms with E-state index in [4.69, 9.17) is 37.6 Å². The molecule has 3 aromatic rings. The van der Waals surface area contributed by atoms with Crippen LogP contribution < -0.4 is 10.1 Å². The molecule has 1 heterocycles. The van der Waals surface area contributed by atoms with E-state index in [9.17, 15) is 9.59 Å². The minimum Gasteiger partial charge on any atom is -0.490 e. The summed E-state index contributed by atoms with van der Waals surface area (Å²) in [6.45, 7) is 0.451. The molecule has 1 amide bonds. The number of benzene rings is 2. The third-order valence-electron chi connectivity index (χ3n) is 4.99. The third-order valence-corrected chi connectivity index (χ3v) is 5.52. The van der Waals surface area contributed by atoms with Crippen molar-refractivity contribution in [2.75, 3.05) is 13.2 Å². The molecule has 1 aliphatic rings. The molecule has 4 rings (SSSR count). The van der Waals surface area contributed by atoms with E-state index in [1.165, 1.54) is 0 Å². The largest absolute Gasteiger partial charge is 0.490 e. The molecule has 0 saturated heterocycles. The minimum absolute atomic E-state index is 0.118. The van der Waals surface area contributed by atoms with Crippen LogP contribution in [0.2, 0.25) is 10.0 Å². The molecule has 166 valence electrons. The summed E-state index contributed by atoms with van der Waals surface area (Å²) < 4.78 is 11.1. The van der Waals surface area contributed by atoms with Gasteiger partial charge in [-0.15, -0.1) is 0 Å². The summed E-state index contributed by atoms with van der Waals surface area (Å²) in [5, 5.41) is 16.9. The zero-order valence-electron chi connectivity index (χ0n) is 16.9. The molecule has 32 heavy (non-hydrogen) atoms. The smallest absolute Gasteiger partial charge is 0.307 e. The Morgan fingerprint density at radius 3 is 2.72 bits per heavy atom. The van der Waals surface area contributed by atoms with Crippen molar-refractivity contribution in [3.8, 4) is 17.0 Å². The van der Waals surface area contributed by atoms with Gasteiger partial charge < -0.3 is 19.7 Å². The van der Waals surface area contributed by atoms with Gasteiger partial charge in [0.15, 0.2) is 5.76 Å². The van der Waals surface area contributed by atoms with Crippen molar-refractivity contribution in [3.63, 3.8) is 0 Å². The Morgan fingerprint density at radius 2 is 2.00 bits per heavy atom. The van der Waals surface area contributed by atoms with Gasteiger partial charge in [0, 0.05) is 16.5 Å². The average Bonchev–Trinajstić information content (AvgIpc) is 3.50. The Balaban J connectivity index is 1.48. The topological polar surface area (TPSA) is 102 Å². The highest BCUT2D eigenvalue weighted by atomic mass is 35.5. The summed E-state index contributed by atoms with van der Waals surface area (Å²) in [5.41, 5.74) is 2.03. The van der Waals surface area contributed by atoms with Crippen molar-refractivity contribution in [1.29, 1.82) is 0 Å². The van der Waals surface area contributed by atoms with E-state index >= 15 is 0 Å². The van der Waals surface area contributed by atoms with Gasteiger partial charge >= 0.3 is 5.97 Å². The average molecular weight is 475 g/mol. The summed E-state index contributed by atoms with van der Waals surface area (Å²) in [5.74, 6) is -0.0478. The van der Waals surface area contributed by atoms with Crippen LogP contribution in [0.15, 0.2) is 47.0 Å². The molecule has 0 unspecified atom stereocenters. The predicted octanol–water partition coefficient (Wildman–Crippen LogP) is 4.96. The molecule has 9 heteroatoms. The molecule has 0 bridgehead atoms. The van der Waals surface area contributed by atoms with Crippen LogP contribution in [-0.4, -0.2) is 35.3 Å². The van der Waals surface area contributed by atoms with Gasteiger partial charge in [0.1, 0.15) is 23.6 Å². The number of rotatable bonds is 9. The number of carbonyl (C=O) groups is 2. The Labute approximate surface area is 194 Å². The van der Waals surface area contributed by atoms with Gasteiger partial charge in [-0.3, -0.25) is 9.59 Å². The van der Waals surface area contributed by atoms with E-state index in [1.54, 1.807) is 42.5 Å². The molecule has 0 atom stereocenters. The monoisotopic (exact) mass is 474 g/mol. The van der Waals surface area contributed by atoms with Crippen LogP contribution in [0.3, 0.4) is 0 Å². The fourth-order valence-electron chi connectivity index (χ4n) is 3.35. The maximum absolute atomic E-state index is 13.0. The number of ether oxygens (including phenoxy) is 1. The van der Waals surface area contributed by atoms with Crippen molar-refractivity contribution >= 4 is 35.1 Å². The molecular weight excluding hydrogens is 455 g/mol. The predicted molar refractivity (Wildman–Crippen MR) is 120 cm³/mol. The first-order valence-electron chi connectivity index (χ1n) is 10.1.